The molecule has 25 heavy (non-hydrogen) atoms. The lowest BCUT2D eigenvalue weighted by atomic mass is 9.93. The maximum absolute atomic E-state index is 13.7. The SMILES string of the molecule is NC(=O)[C@@H]1Cc2ccccc2CN1CCC(=O)c1ccc(F)cc1F. The van der Waals surface area contributed by atoms with Gasteiger partial charge < -0.3 is 5.73 Å². The molecule has 1 atom stereocenters. The van der Waals surface area contributed by atoms with Crippen molar-refractivity contribution in [1.82, 2.24) is 4.90 Å². The summed E-state index contributed by atoms with van der Waals surface area (Å²) in [6, 6.07) is 10.2. The number of rotatable bonds is 5. The van der Waals surface area contributed by atoms with Gasteiger partial charge in [0.2, 0.25) is 5.91 Å². The lowest BCUT2D eigenvalue weighted by Gasteiger charge is -2.34. The summed E-state index contributed by atoms with van der Waals surface area (Å²) in [6.45, 7) is 0.778. The minimum absolute atomic E-state index is 0.0223. The molecule has 4 nitrogen and oxygen atoms in total. The fraction of sp³-hybridized carbons (Fsp3) is 0.263. The Labute approximate surface area is 144 Å². The number of primary amides is 1. The van der Waals surface area contributed by atoms with Crippen molar-refractivity contribution in [3.05, 3.63) is 70.8 Å². The third kappa shape index (κ3) is 3.74. The second-order valence-corrected chi connectivity index (χ2v) is 6.16. The lowest BCUT2D eigenvalue weighted by Crippen LogP contribution is -2.49. The summed E-state index contributed by atoms with van der Waals surface area (Å²) in [6.07, 6.45) is 0.513. The van der Waals surface area contributed by atoms with Gasteiger partial charge in [-0.05, 0) is 29.7 Å². The molecule has 0 aromatic heterocycles. The van der Waals surface area contributed by atoms with E-state index in [1.165, 1.54) is 0 Å². The van der Waals surface area contributed by atoms with E-state index in [9.17, 15) is 18.4 Å². The molecule has 3 rings (SSSR count). The fourth-order valence-electron chi connectivity index (χ4n) is 3.19. The van der Waals surface area contributed by atoms with Gasteiger partial charge in [0.1, 0.15) is 11.6 Å². The van der Waals surface area contributed by atoms with E-state index in [-0.39, 0.29) is 18.5 Å². The van der Waals surface area contributed by atoms with Crippen LogP contribution in [-0.4, -0.2) is 29.2 Å². The lowest BCUT2D eigenvalue weighted by molar-refractivity contribution is -0.123. The van der Waals surface area contributed by atoms with E-state index in [0.717, 1.165) is 23.3 Å². The molecule has 0 unspecified atom stereocenters. The largest absolute Gasteiger partial charge is 0.368 e. The molecule has 0 radical (unpaired) electrons. The summed E-state index contributed by atoms with van der Waals surface area (Å²) >= 11 is 0. The molecule has 2 aromatic rings. The van der Waals surface area contributed by atoms with Gasteiger partial charge in [-0.3, -0.25) is 14.5 Å². The number of carbonyl (C=O) groups is 2. The normalized spacial score (nSPS) is 17.1. The number of Topliss-reactive ketones (excluding diaryl/α,β-unsaturated/α-hetero) is 1. The summed E-state index contributed by atoms with van der Waals surface area (Å²) in [4.78, 5) is 25.8. The monoisotopic (exact) mass is 344 g/mol. The van der Waals surface area contributed by atoms with E-state index < -0.39 is 29.4 Å². The predicted molar refractivity (Wildman–Crippen MR) is 88.8 cm³/mol. The van der Waals surface area contributed by atoms with Gasteiger partial charge in [-0.2, -0.15) is 0 Å². The van der Waals surface area contributed by atoms with Crippen molar-refractivity contribution < 1.29 is 18.4 Å². The zero-order valence-corrected chi connectivity index (χ0v) is 13.5. The van der Waals surface area contributed by atoms with E-state index >= 15 is 0 Å². The van der Waals surface area contributed by atoms with E-state index in [0.29, 0.717) is 19.0 Å². The Morgan fingerprint density at radius 3 is 2.52 bits per heavy atom. The number of halogens is 2. The number of carbonyl (C=O) groups excluding carboxylic acids is 2. The van der Waals surface area contributed by atoms with Crippen molar-refractivity contribution in [2.45, 2.75) is 25.4 Å². The van der Waals surface area contributed by atoms with Crippen molar-refractivity contribution in [3.8, 4) is 0 Å². The third-order valence-electron chi connectivity index (χ3n) is 4.53. The first-order chi connectivity index (χ1) is 12.0. The quantitative estimate of drug-likeness (QED) is 0.848. The van der Waals surface area contributed by atoms with E-state index in [4.69, 9.17) is 5.73 Å². The Kier molecular flexibility index (Phi) is 4.90. The molecule has 1 aliphatic heterocycles. The fourth-order valence-corrected chi connectivity index (χ4v) is 3.19. The molecule has 0 aliphatic carbocycles. The van der Waals surface area contributed by atoms with Gasteiger partial charge in [0, 0.05) is 25.6 Å². The van der Waals surface area contributed by atoms with Crippen LogP contribution in [0.5, 0.6) is 0 Å². The van der Waals surface area contributed by atoms with Crippen molar-refractivity contribution in [2.75, 3.05) is 6.54 Å². The average molecular weight is 344 g/mol. The first-order valence-corrected chi connectivity index (χ1v) is 8.04. The van der Waals surface area contributed by atoms with Gasteiger partial charge in [0.15, 0.2) is 5.78 Å². The van der Waals surface area contributed by atoms with Crippen molar-refractivity contribution >= 4 is 11.7 Å². The highest BCUT2D eigenvalue weighted by molar-refractivity contribution is 5.96. The zero-order chi connectivity index (χ0) is 18.0. The van der Waals surface area contributed by atoms with Gasteiger partial charge >= 0.3 is 0 Å². The number of hydrogen-bond donors (Lipinski definition) is 1. The van der Waals surface area contributed by atoms with Crippen LogP contribution in [0.25, 0.3) is 0 Å². The first-order valence-electron chi connectivity index (χ1n) is 8.04. The van der Waals surface area contributed by atoms with Gasteiger partial charge in [-0.15, -0.1) is 0 Å². The van der Waals surface area contributed by atoms with Crippen molar-refractivity contribution in [1.29, 1.82) is 0 Å². The molecule has 0 bridgehead atoms. The second-order valence-electron chi connectivity index (χ2n) is 6.16. The maximum atomic E-state index is 13.7. The molecule has 0 spiro atoms. The molecular formula is C19H18F2N2O2. The van der Waals surface area contributed by atoms with Gasteiger partial charge in [0.25, 0.3) is 0 Å². The molecule has 1 amide bonds. The number of nitrogens with two attached hydrogens (primary N) is 1. The first kappa shape index (κ1) is 17.2. The molecular weight excluding hydrogens is 326 g/mol. The topological polar surface area (TPSA) is 63.4 Å². The smallest absolute Gasteiger partial charge is 0.235 e. The Morgan fingerprint density at radius 1 is 1.12 bits per heavy atom. The minimum atomic E-state index is -0.875. The number of fused-ring (bicyclic) bond motifs is 1. The van der Waals surface area contributed by atoms with Crippen LogP contribution in [0.1, 0.15) is 27.9 Å². The number of nitrogens with zero attached hydrogens (tertiary/aromatic N) is 1. The van der Waals surface area contributed by atoms with Gasteiger partial charge in [-0.1, -0.05) is 24.3 Å². The van der Waals surface area contributed by atoms with Gasteiger partial charge in [0.05, 0.1) is 11.6 Å². The van der Waals surface area contributed by atoms with E-state index in [1.807, 2.05) is 29.2 Å². The molecule has 2 aromatic carbocycles. The van der Waals surface area contributed by atoms with Crippen molar-refractivity contribution in [2.24, 2.45) is 5.73 Å². The predicted octanol–water partition coefficient (Wildman–Crippen LogP) is 2.45. The highest BCUT2D eigenvalue weighted by Crippen LogP contribution is 2.24. The number of ketones is 1. The van der Waals surface area contributed by atoms with Crippen LogP contribution in [0.15, 0.2) is 42.5 Å². The van der Waals surface area contributed by atoms with Crippen LogP contribution >= 0.6 is 0 Å². The maximum Gasteiger partial charge on any atom is 0.235 e. The standard InChI is InChI=1S/C19H18F2N2O2/c20-14-5-6-15(16(21)10-14)18(24)7-8-23-11-13-4-2-1-3-12(13)9-17(23)19(22)25/h1-6,10,17H,7-9,11H2,(H2,22,25)/t17-/m0/s1. The highest BCUT2D eigenvalue weighted by Gasteiger charge is 2.30. The summed E-state index contributed by atoms with van der Waals surface area (Å²) in [5.41, 5.74) is 7.51. The second kappa shape index (κ2) is 7.11. The molecule has 0 saturated heterocycles. The van der Waals surface area contributed by atoms with Crippen molar-refractivity contribution in [3.63, 3.8) is 0 Å². The molecule has 0 fully saturated rings. The number of hydrogen-bond acceptors (Lipinski definition) is 3. The molecule has 130 valence electrons. The third-order valence-corrected chi connectivity index (χ3v) is 4.53. The van der Waals surface area contributed by atoms with Crippen LogP contribution < -0.4 is 5.73 Å². The Balaban J connectivity index is 1.72. The van der Waals surface area contributed by atoms with Crippen LogP contribution in [0.4, 0.5) is 8.78 Å². The van der Waals surface area contributed by atoms with Crippen LogP contribution in [0.3, 0.4) is 0 Å². The van der Waals surface area contributed by atoms with Crippen LogP contribution in [0.2, 0.25) is 0 Å². The summed E-state index contributed by atoms with van der Waals surface area (Å²) in [5, 5.41) is 0. The average Bonchev–Trinajstić information content (AvgIpc) is 2.58. The Bertz CT molecular complexity index is 823. The van der Waals surface area contributed by atoms with Crippen LogP contribution in [0, 0.1) is 11.6 Å². The van der Waals surface area contributed by atoms with E-state index in [1.54, 1.807) is 0 Å². The van der Waals surface area contributed by atoms with E-state index in [2.05, 4.69) is 0 Å². The molecule has 6 heteroatoms. The number of amides is 1. The van der Waals surface area contributed by atoms with Crippen LogP contribution in [-0.2, 0) is 17.8 Å². The summed E-state index contributed by atoms with van der Waals surface area (Å²) in [7, 11) is 0. The zero-order valence-electron chi connectivity index (χ0n) is 13.5. The Morgan fingerprint density at radius 2 is 1.84 bits per heavy atom. The highest BCUT2D eigenvalue weighted by atomic mass is 19.1. The summed E-state index contributed by atoms with van der Waals surface area (Å²) < 4.78 is 26.7. The Hall–Kier alpha value is -2.60. The number of benzene rings is 2. The molecule has 2 N–H and O–H groups in total. The molecule has 1 heterocycles. The summed E-state index contributed by atoms with van der Waals surface area (Å²) in [5.74, 6) is -2.48. The molecule has 0 saturated carbocycles. The minimum Gasteiger partial charge on any atom is -0.368 e. The van der Waals surface area contributed by atoms with Gasteiger partial charge in [-0.25, -0.2) is 8.78 Å². The molecule has 1 aliphatic rings.